The molecule has 3 aromatic rings. The highest BCUT2D eigenvalue weighted by atomic mass is 16.6. The summed E-state index contributed by atoms with van der Waals surface area (Å²) in [5, 5.41) is 7.52. The van der Waals surface area contributed by atoms with Crippen molar-refractivity contribution in [3.63, 3.8) is 0 Å². The number of hydrogen-bond donors (Lipinski definition) is 1. The molecule has 27 heavy (non-hydrogen) atoms. The van der Waals surface area contributed by atoms with Gasteiger partial charge in [0.15, 0.2) is 0 Å². The van der Waals surface area contributed by atoms with Crippen LogP contribution < -0.4 is 10.1 Å². The van der Waals surface area contributed by atoms with Gasteiger partial charge in [-0.2, -0.15) is 5.10 Å². The minimum atomic E-state index is -0.549. The van der Waals surface area contributed by atoms with Crippen LogP contribution in [0.4, 0.5) is 10.6 Å². The van der Waals surface area contributed by atoms with Crippen molar-refractivity contribution in [2.45, 2.75) is 40.0 Å². The first kappa shape index (κ1) is 18.7. The second-order valence-electron chi connectivity index (χ2n) is 7.74. The Morgan fingerprint density at radius 3 is 2.07 bits per heavy atom. The van der Waals surface area contributed by atoms with Gasteiger partial charge < -0.3 is 4.74 Å². The first-order valence-electron chi connectivity index (χ1n) is 8.95. The summed E-state index contributed by atoms with van der Waals surface area (Å²) in [6.07, 6.45) is -0.549. The van der Waals surface area contributed by atoms with E-state index in [1.54, 1.807) is 16.8 Å². The third kappa shape index (κ3) is 4.56. The van der Waals surface area contributed by atoms with Crippen LogP contribution in [0.3, 0.4) is 0 Å². The molecule has 0 spiro atoms. The first-order chi connectivity index (χ1) is 12.7. The van der Waals surface area contributed by atoms with Gasteiger partial charge in [0.1, 0.15) is 11.6 Å². The Morgan fingerprint density at radius 1 is 0.963 bits per heavy atom. The van der Waals surface area contributed by atoms with E-state index in [0.29, 0.717) is 11.6 Å². The van der Waals surface area contributed by atoms with Gasteiger partial charge in [-0.05, 0) is 38.1 Å². The number of ether oxygens (including phenoxy) is 1. The number of nitrogens with zero attached hydrogens (tertiary/aromatic N) is 2. The average molecular weight is 363 g/mol. The lowest BCUT2D eigenvalue weighted by Crippen LogP contribution is -2.19. The Bertz CT molecular complexity index is 933. The number of aryl methyl sites for hydroxylation is 2. The molecule has 0 saturated carbocycles. The fraction of sp³-hybridized carbons (Fsp3) is 0.273. The van der Waals surface area contributed by atoms with E-state index in [4.69, 9.17) is 9.84 Å². The number of benzene rings is 2. The van der Waals surface area contributed by atoms with Crippen molar-refractivity contribution in [2.75, 3.05) is 5.32 Å². The summed E-state index contributed by atoms with van der Waals surface area (Å²) in [6.45, 7) is 10.3. The molecule has 0 saturated heterocycles. The molecule has 0 fully saturated rings. The number of carbonyl (C=O) groups is 1. The van der Waals surface area contributed by atoms with E-state index in [1.807, 2.05) is 56.3 Å². The molecule has 0 unspecified atom stereocenters. The number of carbonyl (C=O) groups excluding carboxylic acids is 1. The molecule has 1 N–H and O–H groups in total. The summed E-state index contributed by atoms with van der Waals surface area (Å²) < 4.78 is 7.12. The second kappa shape index (κ2) is 7.27. The van der Waals surface area contributed by atoms with Crippen molar-refractivity contribution in [3.05, 3.63) is 71.4 Å². The van der Waals surface area contributed by atoms with Crippen LogP contribution >= 0.6 is 0 Å². The Balaban J connectivity index is 1.88. The number of nitrogens with one attached hydrogen (secondary N) is 1. The standard InChI is InChI=1S/C22H25N3O2/c1-15-6-10-17(11-7-15)25-20(14-19(24-25)22(3,4)5)23-21(26)27-18-12-8-16(2)9-13-18/h6-14H,1-5H3,(H,23,26). The Morgan fingerprint density at radius 2 is 1.52 bits per heavy atom. The summed E-state index contributed by atoms with van der Waals surface area (Å²) in [4.78, 5) is 12.4. The van der Waals surface area contributed by atoms with E-state index < -0.39 is 6.09 Å². The van der Waals surface area contributed by atoms with Crippen molar-refractivity contribution in [2.24, 2.45) is 0 Å². The highest BCUT2D eigenvalue weighted by Gasteiger charge is 2.22. The lowest BCUT2D eigenvalue weighted by atomic mass is 9.92. The Hall–Kier alpha value is -3.08. The molecule has 5 heteroatoms. The Kier molecular flexibility index (Phi) is 5.04. The van der Waals surface area contributed by atoms with E-state index in [9.17, 15) is 4.79 Å². The molecule has 1 amide bonds. The van der Waals surface area contributed by atoms with Crippen molar-refractivity contribution < 1.29 is 9.53 Å². The fourth-order valence-electron chi connectivity index (χ4n) is 2.56. The normalized spacial score (nSPS) is 11.3. The van der Waals surface area contributed by atoms with Crippen molar-refractivity contribution in [3.8, 4) is 11.4 Å². The minimum Gasteiger partial charge on any atom is -0.410 e. The van der Waals surface area contributed by atoms with Crippen LogP contribution in [-0.4, -0.2) is 15.9 Å². The van der Waals surface area contributed by atoms with Gasteiger partial charge in [-0.25, -0.2) is 9.48 Å². The van der Waals surface area contributed by atoms with Crippen molar-refractivity contribution in [1.82, 2.24) is 9.78 Å². The monoisotopic (exact) mass is 363 g/mol. The molecular formula is C22H25N3O2. The van der Waals surface area contributed by atoms with Crippen LogP contribution in [0.2, 0.25) is 0 Å². The summed E-state index contributed by atoms with van der Waals surface area (Å²) in [5.74, 6) is 1.07. The molecule has 1 heterocycles. The topological polar surface area (TPSA) is 56.1 Å². The van der Waals surface area contributed by atoms with E-state index in [1.165, 1.54) is 0 Å². The molecule has 2 aromatic carbocycles. The molecule has 0 aliphatic rings. The van der Waals surface area contributed by atoms with Crippen LogP contribution in [0.25, 0.3) is 5.69 Å². The zero-order valence-electron chi connectivity index (χ0n) is 16.4. The Labute approximate surface area is 160 Å². The van der Waals surface area contributed by atoms with Crippen LogP contribution in [0.1, 0.15) is 37.6 Å². The van der Waals surface area contributed by atoms with Crippen LogP contribution in [-0.2, 0) is 5.41 Å². The molecule has 0 aliphatic carbocycles. The summed E-state index contributed by atoms with van der Waals surface area (Å²) in [7, 11) is 0. The van der Waals surface area contributed by atoms with E-state index >= 15 is 0 Å². The van der Waals surface area contributed by atoms with Gasteiger partial charge in [-0.15, -0.1) is 0 Å². The fourth-order valence-corrected chi connectivity index (χ4v) is 2.56. The van der Waals surface area contributed by atoms with Gasteiger partial charge in [0, 0.05) is 11.5 Å². The van der Waals surface area contributed by atoms with E-state index in [2.05, 4.69) is 26.1 Å². The minimum absolute atomic E-state index is 0.146. The maximum Gasteiger partial charge on any atom is 0.418 e. The zero-order valence-corrected chi connectivity index (χ0v) is 16.4. The van der Waals surface area contributed by atoms with Crippen LogP contribution in [0, 0.1) is 13.8 Å². The quantitative estimate of drug-likeness (QED) is 0.678. The summed E-state index contributed by atoms with van der Waals surface area (Å²) in [6, 6.07) is 17.2. The van der Waals surface area contributed by atoms with Crippen molar-refractivity contribution >= 4 is 11.9 Å². The molecule has 140 valence electrons. The number of aromatic nitrogens is 2. The van der Waals surface area contributed by atoms with Gasteiger partial charge >= 0.3 is 6.09 Å². The first-order valence-corrected chi connectivity index (χ1v) is 8.95. The number of amides is 1. The van der Waals surface area contributed by atoms with Crippen molar-refractivity contribution in [1.29, 1.82) is 0 Å². The molecular weight excluding hydrogens is 338 g/mol. The van der Waals surface area contributed by atoms with Gasteiger partial charge in [0.25, 0.3) is 0 Å². The van der Waals surface area contributed by atoms with Gasteiger partial charge in [-0.3, -0.25) is 5.32 Å². The maximum absolute atomic E-state index is 12.4. The smallest absolute Gasteiger partial charge is 0.410 e. The zero-order chi connectivity index (χ0) is 19.6. The molecule has 0 bridgehead atoms. The molecule has 0 atom stereocenters. The second-order valence-corrected chi connectivity index (χ2v) is 7.74. The van der Waals surface area contributed by atoms with Crippen LogP contribution in [0.15, 0.2) is 54.6 Å². The third-order valence-corrected chi connectivity index (χ3v) is 4.22. The van der Waals surface area contributed by atoms with Gasteiger partial charge in [-0.1, -0.05) is 56.2 Å². The predicted molar refractivity (Wildman–Crippen MR) is 108 cm³/mol. The lowest BCUT2D eigenvalue weighted by molar-refractivity contribution is 0.215. The molecule has 1 aromatic heterocycles. The maximum atomic E-state index is 12.4. The number of anilines is 1. The van der Waals surface area contributed by atoms with Crippen LogP contribution in [0.5, 0.6) is 5.75 Å². The predicted octanol–water partition coefficient (Wildman–Crippen LogP) is 5.40. The van der Waals surface area contributed by atoms with E-state index in [0.717, 1.165) is 22.5 Å². The molecule has 0 aliphatic heterocycles. The average Bonchev–Trinajstić information content (AvgIpc) is 3.02. The highest BCUT2D eigenvalue weighted by Crippen LogP contribution is 2.26. The lowest BCUT2D eigenvalue weighted by Gasteiger charge is -2.14. The third-order valence-electron chi connectivity index (χ3n) is 4.22. The summed E-state index contributed by atoms with van der Waals surface area (Å²) in [5.41, 5.74) is 3.88. The summed E-state index contributed by atoms with van der Waals surface area (Å²) >= 11 is 0. The molecule has 3 rings (SSSR count). The van der Waals surface area contributed by atoms with Gasteiger partial charge in [0.05, 0.1) is 11.4 Å². The number of hydrogen-bond acceptors (Lipinski definition) is 3. The number of rotatable bonds is 3. The van der Waals surface area contributed by atoms with E-state index in [-0.39, 0.29) is 5.41 Å². The van der Waals surface area contributed by atoms with Gasteiger partial charge in [0.2, 0.25) is 0 Å². The molecule has 0 radical (unpaired) electrons. The SMILES string of the molecule is Cc1ccc(OC(=O)Nc2cc(C(C)(C)C)nn2-c2ccc(C)cc2)cc1. The largest absolute Gasteiger partial charge is 0.418 e. The highest BCUT2D eigenvalue weighted by molar-refractivity contribution is 5.85. The molecule has 5 nitrogen and oxygen atoms in total.